The van der Waals surface area contributed by atoms with Gasteiger partial charge in [-0.05, 0) is 31.0 Å². The van der Waals surface area contributed by atoms with Crippen LogP contribution in [-0.2, 0) is 7.05 Å². The van der Waals surface area contributed by atoms with Crippen LogP contribution in [0.25, 0.3) is 0 Å². The standard InChI is InChI=1S/C19H18ClF4N2O2P.C2H6.C2H4/c1-26-9-10(14(27)8-18(5-2-6-18)19(23,24)29)7-13(26)17(28)25-12-4-3-11(21)15(20)16(12)22;2*1-2/h3-4,7,9H,2,5-6,8,29H2,1H3,(H,25,28);1-2H3;1-2H2. The van der Waals surface area contributed by atoms with Crippen LogP contribution in [0.2, 0.25) is 5.02 Å². The maximum absolute atomic E-state index is 14.0. The summed E-state index contributed by atoms with van der Waals surface area (Å²) >= 11 is 5.49. The molecule has 1 aromatic heterocycles. The number of ketones is 1. The molecule has 1 aromatic carbocycles. The highest BCUT2D eigenvalue weighted by Crippen LogP contribution is 2.57. The number of nitrogens with one attached hydrogen (secondary N) is 1. The number of hydrogen-bond donors (Lipinski definition) is 1. The number of alkyl halides is 2. The molecule has 1 unspecified atom stereocenters. The average molecular weight is 507 g/mol. The van der Waals surface area contributed by atoms with Crippen LogP contribution in [0.1, 0.15) is 60.4 Å². The molecule has 0 aliphatic heterocycles. The number of rotatable bonds is 6. The van der Waals surface area contributed by atoms with Crippen LogP contribution in [0.4, 0.5) is 23.2 Å². The van der Waals surface area contributed by atoms with Crippen molar-refractivity contribution in [3.05, 3.63) is 65.5 Å². The van der Waals surface area contributed by atoms with Crippen molar-refractivity contribution >= 4 is 38.2 Å². The highest BCUT2D eigenvalue weighted by Gasteiger charge is 2.55. The van der Waals surface area contributed by atoms with Gasteiger partial charge in [-0.2, -0.15) is 0 Å². The molecule has 1 N–H and O–H groups in total. The second-order valence-corrected chi connectivity index (χ2v) is 8.36. The first-order valence-electron chi connectivity index (χ1n) is 10.3. The maximum atomic E-state index is 14.0. The molecule has 2 aromatic rings. The highest BCUT2D eigenvalue weighted by atomic mass is 35.5. The summed E-state index contributed by atoms with van der Waals surface area (Å²) in [4.78, 5) is 25.0. The number of Topliss-reactive ketones (excluding diaryl/α,β-unsaturated/α-hetero) is 1. The zero-order chi connectivity index (χ0) is 25.6. The summed E-state index contributed by atoms with van der Waals surface area (Å²) in [5.74, 6) is -3.36. The molecule has 1 saturated carbocycles. The molecule has 1 heterocycles. The second kappa shape index (κ2) is 11.8. The minimum atomic E-state index is -3.06. The molecule has 10 heteroatoms. The zero-order valence-electron chi connectivity index (χ0n) is 18.8. The van der Waals surface area contributed by atoms with E-state index in [2.05, 4.69) is 18.5 Å². The van der Waals surface area contributed by atoms with Gasteiger partial charge in [-0.25, -0.2) is 17.6 Å². The summed E-state index contributed by atoms with van der Waals surface area (Å²) in [5, 5.41) is 1.51. The van der Waals surface area contributed by atoms with Gasteiger partial charge in [-0.3, -0.25) is 9.59 Å². The number of carbonyl (C=O) groups is 2. The molecule has 0 bridgehead atoms. The first-order valence-corrected chi connectivity index (χ1v) is 11.2. The van der Waals surface area contributed by atoms with Gasteiger partial charge in [0.05, 0.1) is 5.69 Å². The van der Waals surface area contributed by atoms with Crippen LogP contribution >= 0.6 is 20.8 Å². The minimum Gasteiger partial charge on any atom is -0.346 e. The zero-order valence-corrected chi connectivity index (χ0v) is 20.7. The summed E-state index contributed by atoms with van der Waals surface area (Å²) in [6.07, 6.45) is 2.15. The van der Waals surface area contributed by atoms with E-state index in [1.165, 1.54) is 33.1 Å². The SMILES string of the molecule is C=C.CC.Cn1cc(C(=O)CC2(C(F)(F)P)CCC2)cc1C(=O)Nc1ccc(F)c(Cl)c1F. The van der Waals surface area contributed by atoms with Gasteiger partial charge in [0.2, 0.25) is 0 Å². The Kier molecular flexibility index (Phi) is 10.3. The molecule has 0 saturated heterocycles. The maximum Gasteiger partial charge on any atom is 0.272 e. The van der Waals surface area contributed by atoms with Crippen molar-refractivity contribution in [1.82, 2.24) is 4.57 Å². The minimum absolute atomic E-state index is 0.00786. The molecule has 1 aliphatic rings. The summed E-state index contributed by atoms with van der Waals surface area (Å²) < 4.78 is 56.4. The lowest BCUT2D eigenvalue weighted by atomic mass is 9.65. The second-order valence-electron chi connectivity index (χ2n) is 7.26. The van der Waals surface area contributed by atoms with Crippen molar-refractivity contribution < 1.29 is 27.2 Å². The predicted molar refractivity (Wildman–Crippen MR) is 127 cm³/mol. The largest absolute Gasteiger partial charge is 0.346 e. The quantitative estimate of drug-likeness (QED) is 0.147. The molecule has 1 amide bonds. The van der Waals surface area contributed by atoms with Gasteiger partial charge in [0.15, 0.2) is 11.6 Å². The normalized spacial score (nSPS) is 14.1. The number of carbonyl (C=O) groups excluding carboxylic acids is 2. The van der Waals surface area contributed by atoms with Crippen molar-refractivity contribution in [2.75, 3.05) is 5.32 Å². The van der Waals surface area contributed by atoms with Crippen molar-refractivity contribution in [3.8, 4) is 0 Å². The Balaban J connectivity index is 0.00000129. The third-order valence-corrected chi connectivity index (χ3v) is 6.32. The number of aryl methyl sites for hydroxylation is 1. The molecule has 1 fully saturated rings. The van der Waals surface area contributed by atoms with E-state index < -0.39 is 39.4 Å². The van der Waals surface area contributed by atoms with Crippen LogP contribution in [0, 0.1) is 17.0 Å². The van der Waals surface area contributed by atoms with E-state index in [-0.39, 0.29) is 36.2 Å². The fraction of sp³-hybridized carbons (Fsp3) is 0.391. The van der Waals surface area contributed by atoms with E-state index in [1.807, 2.05) is 13.8 Å². The molecule has 4 nitrogen and oxygen atoms in total. The lowest BCUT2D eigenvalue weighted by molar-refractivity contribution is -0.0899. The van der Waals surface area contributed by atoms with Crippen LogP contribution in [0.3, 0.4) is 0 Å². The molecule has 1 aliphatic carbocycles. The smallest absolute Gasteiger partial charge is 0.272 e. The van der Waals surface area contributed by atoms with Crippen LogP contribution in [0.15, 0.2) is 37.6 Å². The first-order chi connectivity index (χ1) is 15.4. The van der Waals surface area contributed by atoms with E-state index in [0.717, 1.165) is 12.1 Å². The Hall–Kier alpha value is -2.18. The van der Waals surface area contributed by atoms with Crippen LogP contribution in [-0.4, -0.2) is 21.9 Å². The summed E-state index contributed by atoms with van der Waals surface area (Å²) in [5.41, 5.74) is -4.66. The Labute approximate surface area is 198 Å². The Morgan fingerprint density at radius 2 is 1.82 bits per heavy atom. The molecule has 1 atom stereocenters. The van der Waals surface area contributed by atoms with E-state index >= 15 is 0 Å². The lowest BCUT2D eigenvalue weighted by Gasteiger charge is -2.45. The van der Waals surface area contributed by atoms with Gasteiger partial charge in [0.25, 0.3) is 11.6 Å². The number of anilines is 1. The van der Waals surface area contributed by atoms with Crippen molar-refractivity contribution in [2.45, 2.75) is 45.2 Å². The van der Waals surface area contributed by atoms with Crippen LogP contribution < -0.4 is 5.32 Å². The number of hydrogen-bond acceptors (Lipinski definition) is 2. The molecule has 0 spiro atoms. The Morgan fingerprint density at radius 1 is 1.24 bits per heavy atom. The molecule has 3 rings (SSSR count). The van der Waals surface area contributed by atoms with Gasteiger partial charge in [-0.1, -0.05) is 41.1 Å². The van der Waals surface area contributed by atoms with E-state index in [4.69, 9.17) is 11.6 Å². The van der Waals surface area contributed by atoms with Crippen molar-refractivity contribution in [2.24, 2.45) is 12.5 Å². The van der Waals surface area contributed by atoms with E-state index in [0.29, 0.717) is 6.42 Å². The highest BCUT2D eigenvalue weighted by molar-refractivity contribution is 7.18. The number of halogens is 5. The third kappa shape index (κ3) is 6.24. The van der Waals surface area contributed by atoms with Gasteiger partial charge >= 0.3 is 0 Å². The van der Waals surface area contributed by atoms with Gasteiger partial charge in [-0.15, -0.1) is 13.2 Å². The third-order valence-electron chi connectivity index (χ3n) is 5.36. The fourth-order valence-electron chi connectivity index (χ4n) is 3.39. The molecular weight excluding hydrogens is 479 g/mol. The summed E-state index contributed by atoms with van der Waals surface area (Å²) in [7, 11) is 3.01. The fourth-order valence-corrected chi connectivity index (χ4v) is 3.95. The first kappa shape index (κ1) is 28.9. The number of nitrogens with zero attached hydrogens (tertiary/aromatic N) is 1. The number of aromatic nitrogens is 1. The van der Waals surface area contributed by atoms with Gasteiger partial charge in [0.1, 0.15) is 16.5 Å². The monoisotopic (exact) mass is 506 g/mol. The molecule has 0 radical (unpaired) electrons. The Morgan fingerprint density at radius 3 is 2.30 bits per heavy atom. The van der Waals surface area contributed by atoms with Gasteiger partial charge in [0, 0.05) is 30.6 Å². The Bertz CT molecular complexity index is 1000. The van der Waals surface area contributed by atoms with E-state index in [9.17, 15) is 27.2 Å². The molecular formula is C23H28ClF4N2O2P. The lowest BCUT2D eigenvalue weighted by Crippen LogP contribution is -2.44. The summed E-state index contributed by atoms with van der Waals surface area (Å²) in [6.45, 7) is 10.0. The van der Waals surface area contributed by atoms with Crippen molar-refractivity contribution in [1.29, 1.82) is 0 Å². The van der Waals surface area contributed by atoms with E-state index in [1.54, 1.807) is 0 Å². The summed E-state index contributed by atoms with van der Waals surface area (Å²) in [6, 6.07) is 3.18. The predicted octanol–water partition coefficient (Wildman–Crippen LogP) is 7.25. The molecule has 33 heavy (non-hydrogen) atoms. The average Bonchev–Trinajstić information content (AvgIpc) is 3.15. The topological polar surface area (TPSA) is 51.1 Å². The van der Waals surface area contributed by atoms with Crippen molar-refractivity contribution in [3.63, 3.8) is 0 Å². The number of amides is 1. The van der Waals surface area contributed by atoms with Crippen LogP contribution in [0.5, 0.6) is 0 Å². The number of benzene rings is 1. The molecule has 182 valence electrons. The van der Waals surface area contributed by atoms with Gasteiger partial charge < -0.3 is 9.88 Å².